The van der Waals surface area contributed by atoms with Crippen LogP contribution in [0.2, 0.25) is 0 Å². The quantitative estimate of drug-likeness (QED) is 0.164. The van der Waals surface area contributed by atoms with Gasteiger partial charge in [0.15, 0.2) is 11.5 Å². The first kappa shape index (κ1) is 27.9. The molecule has 1 fully saturated rings. The Morgan fingerprint density at radius 1 is 1.07 bits per heavy atom. The van der Waals surface area contributed by atoms with Crippen LogP contribution >= 0.6 is 0 Å². The van der Waals surface area contributed by atoms with Crippen LogP contribution in [0, 0.1) is 0 Å². The summed E-state index contributed by atoms with van der Waals surface area (Å²) in [5.74, 6) is 3.18. The molecule has 3 aliphatic rings. The number of H-pyrrole nitrogens is 1. The molecule has 1 saturated heterocycles. The first-order valence-corrected chi connectivity index (χ1v) is 15.1. The minimum Gasteiger partial charge on any atom is -0.497 e. The molecule has 0 saturated carbocycles. The van der Waals surface area contributed by atoms with Crippen molar-refractivity contribution in [1.82, 2.24) is 25.1 Å². The summed E-state index contributed by atoms with van der Waals surface area (Å²) in [5.41, 5.74) is 9.23. The van der Waals surface area contributed by atoms with Gasteiger partial charge < -0.3 is 19.5 Å². The maximum atomic E-state index is 6.09. The molecular formula is C35H36N6O3. The van der Waals surface area contributed by atoms with Gasteiger partial charge in [-0.3, -0.25) is 10.00 Å². The number of benzene rings is 1. The Kier molecular flexibility index (Phi) is 7.62. The van der Waals surface area contributed by atoms with Gasteiger partial charge >= 0.3 is 0 Å². The van der Waals surface area contributed by atoms with Gasteiger partial charge in [-0.1, -0.05) is 30.4 Å². The number of allylic oxidation sites excluding steroid dienone is 6. The Bertz CT molecular complexity index is 1830. The molecule has 0 bridgehead atoms. The molecule has 0 amide bonds. The molecule has 224 valence electrons. The number of fused-ring (bicyclic) bond motifs is 3. The van der Waals surface area contributed by atoms with Crippen LogP contribution in [0.1, 0.15) is 43.6 Å². The standard InChI is InChI=1S/C35H36N6O3/c1-22(2)18-25(19-23(3)42-17-16-41-14-4-5-15-41)28-9-10-30-33(37-28)34(40-39-30)29-8-7-27-26(12-13-36-35(27)38-29)24-6-11-31-32(20-24)44-21-43-31/h6,8-13,18-20H,1,4-5,7,14-17,21H2,2-3H3,(H,36,38)(H,39,40)/b23-19+,25-18+. The highest BCUT2D eigenvalue weighted by Gasteiger charge is 2.22. The predicted octanol–water partition coefficient (Wildman–Crippen LogP) is 6.73. The molecule has 6 heterocycles. The number of hydrogen-bond donors (Lipinski definition) is 2. The highest BCUT2D eigenvalue weighted by Crippen LogP contribution is 2.39. The Morgan fingerprint density at radius 3 is 2.80 bits per heavy atom. The van der Waals surface area contributed by atoms with Gasteiger partial charge in [-0.25, -0.2) is 9.97 Å². The first-order valence-electron chi connectivity index (χ1n) is 15.1. The predicted molar refractivity (Wildman–Crippen MR) is 173 cm³/mol. The first-order chi connectivity index (χ1) is 21.5. The Morgan fingerprint density at radius 2 is 1.93 bits per heavy atom. The molecule has 7 rings (SSSR count). The molecular weight excluding hydrogens is 552 g/mol. The number of ether oxygens (including phenoxy) is 3. The molecule has 3 aliphatic heterocycles. The topological polar surface area (TPSA) is 97.4 Å². The molecule has 3 aromatic heterocycles. The van der Waals surface area contributed by atoms with Crippen molar-refractivity contribution >= 4 is 28.1 Å². The third-order valence-corrected chi connectivity index (χ3v) is 8.16. The van der Waals surface area contributed by atoms with Gasteiger partial charge in [0.1, 0.15) is 23.6 Å². The van der Waals surface area contributed by atoms with Crippen molar-refractivity contribution in [2.45, 2.75) is 33.1 Å². The highest BCUT2D eigenvalue weighted by molar-refractivity contribution is 5.93. The van der Waals surface area contributed by atoms with Crippen LogP contribution in [0.5, 0.6) is 11.5 Å². The van der Waals surface area contributed by atoms with E-state index in [1.54, 1.807) is 0 Å². The Hall–Kier alpha value is -4.89. The largest absolute Gasteiger partial charge is 0.497 e. The van der Waals surface area contributed by atoms with E-state index in [1.807, 2.05) is 62.5 Å². The van der Waals surface area contributed by atoms with Crippen molar-refractivity contribution in [3.63, 3.8) is 0 Å². The second-order valence-corrected chi connectivity index (χ2v) is 11.5. The van der Waals surface area contributed by atoms with E-state index in [9.17, 15) is 0 Å². The summed E-state index contributed by atoms with van der Waals surface area (Å²) in [6, 6.07) is 12.1. The summed E-state index contributed by atoms with van der Waals surface area (Å²) in [4.78, 5) is 12.2. The van der Waals surface area contributed by atoms with Gasteiger partial charge in [0, 0.05) is 23.9 Å². The molecule has 4 aromatic rings. The number of aromatic amines is 1. The van der Waals surface area contributed by atoms with Gasteiger partial charge in [-0.05, 0) is 93.7 Å². The van der Waals surface area contributed by atoms with E-state index in [4.69, 9.17) is 19.2 Å². The van der Waals surface area contributed by atoms with Crippen molar-refractivity contribution < 1.29 is 14.2 Å². The monoisotopic (exact) mass is 588 g/mol. The second-order valence-electron chi connectivity index (χ2n) is 11.5. The zero-order chi connectivity index (χ0) is 30.0. The number of anilines is 1. The average Bonchev–Trinajstić information content (AvgIpc) is 3.81. The second kappa shape index (κ2) is 12.0. The van der Waals surface area contributed by atoms with Crippen LogP contribution in [-0.4, -0.2) is 58.1 Å². The Labute approximate surface area is 257 Å². The summed E-state index contributed by atoms with van der Waals surface area (Å²) >= 11 is 0. The summed E-state index contributed by atoms with van der Waals surface area (Å²) in [7, 11) is 0. The van der Waals surface area contributed by atoms with Crippen molar-refractivity contribution in [2.24, 2.45) is 0 Å². The van der Waals surface area contributed by atoms with Crippen molar-refractivity contribution in [3.8, 4) is 22.6 Å². The third kappa shape index (κ3) is 5.70. The third-order valence-electron chi connectivity index (χ3n) is 8.16. The summed E-state index contributed by atoms with van der Waals surface area (Å²) in [6.45, 7) is 12.3. The van der Waals surface area contributed by atoms with Crippen LogP contribution in [0.4, 0.5) is 5.82 Å². The lowest BCUT2D eigenvalue weighted by molar-refractivity contribution is 0.173. The van der Waals surface area contributed by atoms with Crippen LogP contribution < -0.4 is 14.8 Å². The van der Waals surface area contributed by atoms with Crippen LogP contribution in [0.3, 0.4) is 0 Å². The number of nitrogens with zero attached hydrogens (tertiary/aromatic N) is 4. The molecule has 0 spiro atoms. The van der Waals surface area contributed by atoms with E-state index in [-0.39, 0.29) is 6.79 Å². The zero-order valence-corrected chi connectivity index (χ0v) is 25.2. The van der Waals surface area contributed by atoms with Crippen LogP contribution in [0.15, 0.2) is 78.7 Å². The maximum Gasteiger partial charge on any atom is 0.231 e. The fourth-order valence-corrected chi connectivity index (χ4v) is 5.99. The van der Waals surface area contributed by atoms with Crippen molar-refractivity contribution in [3.05, 3.63) is 95.7 Å². The molecule has 9 heteroatoms. The van der Waals surface area contributed by atoms with Crippen LogP contribution in [-0.2, 0) is 11.2 Å². The lowest BCUT2D eigenvalue weighted by atomic mass is 9.96. The van der Waals surface area contributed by atoms with E-state index in [0.29, 0.717) is 13.0 Å². The van der Waals surface area contributed by atoms with Crippen LogP contribution in [0.25, 0.3) is 33.4 Å². The van der Waals surface area contributed by atoms with Gasteiger partial charge in [-0.2, -0.15) is 5.10 Å². The fraction of sp³-hybridized carbons (Fsp3) is 0.286. The normalized spacial score (nSPS) is 16.5. The van der Waals surface area contributed by atoms with E-state index in [0.717, 1.165) is 98.7 Å². The maximum absolute atomic E-state index is 6.09. The number of pyridine rings is 2. The molecule has 1 aromatic carbocycles. The Balaban J connectivity index is 1.15. The number of aromatic nitrogens is 4. The number of rotatable bonds is 9. The van der Waals surface area contributed by atoms with Gasteiger partial charge in [0.05, 0.1) is 22.7 Å². The minimum atomic E-state index is 0.251. The smallest absolute Gasteiger partial charge is 0.231 e. The lowest BCUT2D eigenvalue weighted by Gasteiger charge is -2.20. The van der Waals surface area contributed by atoms with Gasteiger partial charge in [0.25, 0.3) is 0 Å². The van der Waals surface area contributed by atoms with E-state index in [1.165, 1.54) is 12.8 Å². The molecule has 0 aliphatic carbocycles. The minimum absolute atomic E-state index is 0.251. The van der Waals surface area contributed by atoms with E-state index >= 15 is 0 Å². The summed E-state index contributed by atoms with van der Waals surface area (Å²) in [6.07, 6.45) is 11.3. The van der Waals surface area contributed by atoms with Gasteiger partial charge in [-0.15, -0.1) is 0 Å². The van der Waals surface area contributed by atoms with Crippen molar-refractivity contribution in [1.29, 1.82) is 0 Å². The zero-order valence-electron chi connectivity index (χ0n) is 25.2. The van der Waals surface area contributed by atoms with Gasteiger partial charge in [0.2, 0.25) is 6.79 Å². The molecule has 2 N–H and O–H groups in total. The van der Waals surface area contributed by atoms with Crippen molar-refractivity contribution in [2.75, 3.05) is 38.4 Å². The summed E-state index contributed by atoms with van der Waals surface area (Å²) in [5, 5.41) is 11.3. The molecule has 0 radical (unpaired) electrons. The molecule has 0 unspecified atom stereocenters. The SMILES string of the molecule is C=C(C)/C=C(\C=C(/C)OCCN1CCCC1)c1ccc2[nH]nc(C3=CCc4c(-c5ccc6c(c5)OCO6)ccnc4N3)c2n1. The summed E-state index contributed by atoms with van der Waals surface area (Å²) < 4.78 is 17.2. The number of hydrogen-bond acceptors (Lipinski definition) is 8. The molecule has 0 atom stereocenters. The number of nitrogens with one attached hydrogen (secondary N) is 2. The highest BCUT2D eigenvalue weighted by atomic mass is 16.7. The number of likely N-dealkylation sites (tertiary alicyclic amines) is 1. The van der Waals surface area contributed by atoms with E-state index < -0.39 is 0 Å². The molecule has 44 heavy (non-hydrogen) atoms. The average molecular weight is 589 g/mol. The fourth-order valence-electron chi connectivity index (χ4n) is 5.99. The van der Waals surface area contributed by atoms with E-state index in [2.05, 4.69) is 44.1 Å². The molecule has 9 nitrogen and oxygen atoms in total. The lowest BCUT2D eigenvalue weighted by Crippen LogP contribution is -2.23.